The lowest BCUT2D eigenvalue weighted by Crippen LogP contribution is -2.28. The van der Waals surface area contributed by atoms with Crippen LogP contribution in [0.4, 0.5) is 0 Å². The van der Waals surface area contributed by atoms with Gasteiger partial charge in [-0.1, -0.05) is 18.8 Å². The van der Waals surface area contributed by atoms with E-state index >= 15 is 0 Å². The monoisotopic (exact) mass is 246 g/mol. The number of rotatable bonds is 4. The summed E-state index contributed by atoms with van der Waals surface area (Å²) in [4.78, 5) is 17.9. The molecule has 0 saturated carbocycles. The molecule has 0 atom stereocenters. The van der Waals surface area contributed by atoms with Crippen molar-refractivity contribution < 1.29 is 9.90 Å². The predicted molar refractivity (Wildman–Crippen MR) is 70.1 cm³/mol. The van der Waals surface area contributed by atoms with Gasteiger partial charge < -0.3 is 10.0 Å². The van der Waals surface area contributed by atoms with Crippen LogP contribution in [0.15, 0.2) is 18.3 Å². The zero-order chi connectivity index (χ0) is 13.4. The Kier molecular flexibility index (Phi) is 5.89. The lowest BCUT2D eigenvalue weighted by molar-refractivity contribution is 0.0789. The highest BCUT2D eigenvalue weighted by atomic mass is 16.2. The Labute approximate surface area is 108 Å². The van der Waals surface area contributed by atoms with E-state index in [1.165, 1.54) is 0 Å². The molecule has 0 aliphatic rings. The van der Waals surface area contributed by atoms with Gasteiger partial charge in [0.2, 0.25) is 0 Å². The van der Waals surface area contributed by atoms with Gasteiger partial charge in [-0.05, 0) is 18.6 Å². The van der Waals surface area contributed by atoms with Crippen LogP contribution in [0.2, 0.25) is 0 Å². The maximum atomic E-state index is 12.1. The van der Waals surface area contributed by atoms with E-state index in [-0.39, 0.29) is 12.5 Å². The number of carbonyl (C=O) groups is 1. The van der Waals surface area contributed by atoms with Gasteiger partial charge in [-0.15, -0.1) is 0 Å². The quantitative estimate of drug-likeness (QED) is 0.815. The minimum absolute atomic E-state index is 0.0201. The standard InChI is InChI=1S/C14H18N2O2/c1-3-10-16(2)14(18)13-12(7-4-5-11-17)8-6-9-15-13/h6,8-9,17H,3,5,10-11H2,1-2H3. The highest BCUT2D eigenvalue weighted by Gasteiger charge is 2.15. The molecule has 1 N–H and O–H groups in total. The van der Waals surface area contributed by atoms with Crippen molar-refractivity contribution in [1.82, 2.24) is 9.88 Å². The number of aliphatic hydroxyl groups excluding tert-OH is 1. The van der Waals surface area contributed by atoms with Gasteiger partial charge in [-0.3, -0.25) is 4.79 Å². The first-order chi connectivity index (χ1) is 8.70. The molecule has 1 aromatic heterocycles. The van der Waals surface area contributed by atoms with E-state index in [0.29, 0.717) is 24.2 Å². The van der Waals surface area contributed by atoms with E-state index < -0.39 is 0 Å². The zero-order valence-corrected chi connectivity index (χ0v) is 10.8. The number of pyridine rings is 1. The fourth-order valence-corrected chi connectivity index (χ4v) is 1.51. The Bertz CT molecular complexity index is 460. The Morgan fingerprint density at radius 1 is 1.56 bits per heavy atom. The van der Waals surface area contributed by atoms with Crippen LogP contribution in [-0.2, 0) is 0 Å². The normalized spacial score (nSPS) is 9.50. The van der Waals surface area contributed by atoms with E-state index in [0.717, 1.165) is 6.42 Å². The van der Waals surface area contributed by atoms with Gasteiger partial charge in [-0.25, -0.2) is 4.98 Å². The first-order valence-corrected chi connectivity index (χ1v) is 6.01. The Balaban J connectivity index is 2.95. The fraction of sp³-hybridized carbons (Fsp3) is 0.429. The second kappa shape index (κ2) is 7.46. The van der Waals surface area contributed by atoms with Crippen molar-refractivity contribution in [3.05, 3.63) is 29.6 Å². The summed E-state index contributed by atoms with van der Waals surface area (Å²) in [5.41, 5.74) is 0.984. The molecule has 96 valence electrons. The molecule has 0 unspecified atom stereocenters. The number of hydrogen-bond acceptors (Lipinski definition) is 3. The molecular formula is C14H18N2O2. The summed E-state index contributed by atoms with van der Waals surface area (Å²) >= 11 is 0. The largest absolute Gasteiger partial charge is 0.395 e. The molecule has 0 aliphatic heterocycles. The zero-order valence-electron chi connectivity index (χ0n) is 10.8. The number of nitrogens with zero attached hydrogens (tertiary/aromatic N) is 2. The van der Waals surface area contributed by atoms with Crippen molar-refractivity contribution in [2.75, 3.05) is 20.2 Å². The second-order valence-corrected chi connectivity index (χ2v) is 3.90. The van der Waals surface area contributed by atoms with Crippen molar-refractivity contribution in [2.24, 2.45) is 0 Å². The van der Waals surface area contributed by atoms with Crippen molar-refractivity contribution in [1.29, 1.82) is 0 Å². The van der Waals surface area contributed by atoms with Crippen LogP contribution in [0.5, 0.6) is 0 Å². The third-order valence-corrected chi connectivity index (χ3v) is 2.38. The molecule has 1 rings (SSSR count). The van der Waals surface area contributed by atoms with E-state index in [1.54, 1.807) is 30.3 Å². The van der Waals surface area contributed by atoms with Crippen LogP contribution >= 0.6 is 0 Å². The van der Waals surface area contributed by atoms with Crippen LogP contribution in [0, 0.1) is 11.8 Å². The van der Waals surface area contributed by atoms with Crippen LogP contribution in [0.25, 0.3) is 0 Å². The van der Waals surface area contributed by atoms with Crippen molar-refractivity contribution in [3.8, 4) is 11.8 Å². The smallest absolute Gasteiger partial charge is 0.273 e. The molecule has 1 aromatic rings. The molecule has 0 fully saturated rings. The number of hydrogen-bond donors (Lipinski definition) is 1. The fourth-order valence-electron chi connectivity index (χ4n) is 1.51. The maximum absolute atomic E-state index is 12.1. The number of amides is 1. The summed E-state index contributed by atoms with van der Waals surface area (Å²) in [7, 11) is 1.76. The summed E-state index contributed by atoms with van der Waals surface area (Å²) in [6, 6.07) is 3.52. The molecule has 0 bridgehead atoms. The van der Waals surface area contributed by atoms with Crippen LogP contribution in [-0.4, -0.2) is 41.1 Å². The van der Waals surface area contributed by atoms with Crippen LogP contribution < -0.4 is 0 Å². The molecule has 0 spiro atoms. The van der Waals surface area contributed by atoms with Gasteiger partial charge in [0.1, 0.15) is 5.69 Å². The van der Waals surface area contributed by atoms with E-state index in [2.05, 4.69) is 16.8 Å². The van der Waals surface area contributed by atoms with Crippen LogP contribution in [0.1, 0.15) is 35.8 Å². The Hall–Kier alpha value is -1.86. The number of aromatic nitrogens is 1. The molecule has 18 heavy (non-hydrogen) atoms. The van der Waals surface area contributed by atoms with E-state index in [4.69, 9.17) is 5.11 Å². The molecule has 0 aromatic carbocycles. The summed E-state index contributed by atoms with van der Waals surface area (Å²) in [6.45, 7) is 2.73. The third kappa shape index (κ3) is 3.86. The lowest BCUT2D eigenvalue weighted by Gasteiger charge is -2.15. The Morgan fingerprint density at radius 2 is 2.33 bits per heavy atom. The third-order valence-electron chi connectivity index (χ3n) is 2.38. The molecule has 4 nitrogen and oxygen atoms in total. The minimum atomic E-state index is -0.120. The highest BCUT2D eigenvalue weighted by Crippen LogP contribution is 2.07. The average molecular weight is 246 g/mol. The van der Waals surface area contributed by atoms with Gasteiger partial charge in [0.05, 0.1) is 12.2 Å². The van der Waals surface area contributed by atoms with Gasteiger partial charge in [-0.2, -0.15) is 0 Å². The summed E-state index contributed by atoms with van der Waals surface area (Å²) in [6.07, 6.45) is 2.89. The predicted octanol–water partition coefficient (Wildman–Crippen LogP) is 1.30. The highest BCUT2D eigenvalue weighted by molar-refractivity contribution is 5.94. The SMILES string of the molecule is CCCN(C)C(=O)c1ncccc1C#CCCO. The van der Waals surface area contributed by atoms with Gasteiger partial charge >= 0.3 is 0 Å². The molecule has 0 aliphatic carbocycles. The molecular weight excluding hydrogens is 228 g/mol. The van der Waals surface area contributed by atoms with Gasteiger partial charge in [0.15, 0.2) is 0 Å². The molecule has 4 heteroatoms. The topological polar surface area (TPSA) is 53.4 Å². The van der Waals surface area contributed by atoms with E-state index in [1.807, 2.05) is 6.92 Å². The van der Waals surface area contributed by atoms with E-state index in [9.17, 15) is 4.79 Å². The van der Waals surface area contributed by atoms with Crippen molar-refractivity contribution in [2.45, 2.75) is 19.8 Å². The number of carbonyl (C=O) groups excluding carboxylic acids is 1. The summed E-state index contributed by atoms with van der Waals surface area (Å²) in [5, 5.41) is 8.69. The molecule has 0 saturated heterocycles. The van der Waals surface area contributed by atoms with Crippen LogP contribution in [0.3, 0.4) is 0 Å². The molecule has 0 radical (unpaired) electrons. The van der Waals surface area contributed by atoms with Gasteiger partial charge in [0, 0.05) is 26.2 Å². The summed E-state index contributed by atoms with van der Waals surface area (Å²) < 4.78 is 0. The summed E-state index contributed by atoms with van der Waals surface area (Å²) in [5.74, 6) is 5.56. The van der Waals surface area contributed by atoms with Crippen molar-refractivity contribution in [3.63, 3.8) is 0 Å². The molecule has 1 heterocycles. The Morgan fingerprint density at radius 3 is 3.00 bits per heavy atom. The minimum Gasteiger partial charge on any atom is -0.395 e. The first-order valence-electron chi connectivity index (χ1n) is 6.01. The van der Waals surface area contributed by atoms with Crippen molar-refractivity contribution >= 4 is 5.91 Å². The average Bonchev–Trinajstić information content (AvgIpc) is 2.39. The molecule has 1 amide bonds. The van der Waals surface area contributed by atoms with Gasteiger partial charge in [0.25, 0.3) is 5.91 Å². The second-order valence-electron chi connectivity index (χ2n) is 3.90. The first kappa shape index (κ1) is 14.2. The maximum Gasteiger partial charge on any atom is 0.273 e. The number of aliphatic hydroxyl groups is 1. The lowest BCUT2D eigenvalue weighted by atomic mass is 10.1.